The number of carbonyl (C=O) groups is 3. The van der Waals surface area contributed by atoms with Crippen LogP contribution < -0.4 is 10.6 Å². The maximum Gasteiger partial charge on any atom is 0.261 e. The number of aryl methyl sites for hydroxylation is 1. The van der Waals surface area contributed by atoms with E-state index in [9.17, 15) is 14.4 Å². The van der Waals surface area contributed by atoms with E-state index in [2.05, 4.69) is 26.6 Å². The molecule has 3 amide bonds. The first-order valence-electron chi connectivity index (χ1n) is 7.50. The molecule has 2 N–H and O–H groups in total. The van der Waals surface area contributed by atoms with Crippen molar-refractivity contribution in [3.05, 3.63) is 50.6 Å². The van der Waals surface area contributed by atoms with E-state index in [0.717, 1.165) is 9.35 Å². The first-order chi connectivity index (χ1) is 11.9. The van der Waals surface area contributed by atoms with Crippen LogP contribution in [0.3, 0.4) is 0 Å². The third kappa shape index (κ3) is 5.68. The first kappa shape index (κ1) is 19.1. The molecule has 132 valence electrons. The van der Waals surface area contributed by atoms with Gasteiger partial charge in [-0.2, -0.15) is 0 Å². The Hall–Kier alpha value is -2.19. The van der Waals surface area contributed by atoms with E-state index in [1.54, 1.807) is 18.2 Å². The minimum absolute atomic E-state index is 0.103. The Morgan fingerprint density at radius 1 is 1.16 bits per heavy atom. The van der Waals surface area contributed by atoms with Gasteiger partial charge in [0.15, 0.2) is 0 Å². The molecule has 1 aromatic carbocycles. The summed E-state index contributed by atoms with van der Waals surface area (Å²) in [7, 11) is 1.52. The fourth-order valence-electron chi connectivity index (χ4n) is 1.99. The highest BCUT2D eigenvalue weighted by Gasteiger charge is 2.15. The Labute approximate surface area is 158 Å². The smallest absolute Gasteiger partial charge is 0.261 e. The molecule has 25 heavy (non-hydrogen) atoms. The minimum atomic E-state index is -0.344. The van der Waals surface area contributed by atoms with Gasteiger partial charge in [0.05, 0.1) is 23.7 Å². The number of halogens is 1. The van der Waals surface area contributed by atoms with Crippen molar-refractivity contribution < 1.29 is 14.4 Å². The summed E-state index contributed by atoms with van der Waals surface area (Å²) in [6.45, 7) is 1.65. The molecular formula is C17H18BrN3O3S. The molecule has 2 aromatic rings. The Morgan fingerprint density at radius 2 is 1.88 bits per heavy atom. The number of nitrogens with one attached hydrogen (secondary N) is 2. The number of para-hydroxylation sites is 1. The molecule has 0 aliphatic rings. The van der Waals surface area contributed by atoms with Crippen molar-refractivity contribution >= 4 is 50.7 Å². The third-order valence-corrected chi connectivity index (χ3v) is 5.01. The van der Waals surface area contributed by atoms with Gasteiger partial charge in [-0.15, -0.1) is 11.3 Å². The van der Waals surface area contributed by atoms with Gasteiger partial charge in [-0.1, -0.05) is 12.1 Å². The molecule has 0 aliphatic heterocycles. The predicted molar refractivity (Wildman–Crippen MR) is 102 cm³/mol. The summed E-state index contributed by atoms with van der Waals surface area (Å²) in [5.41, 5.74) is 0.634. The third-order valence-electron chi connectivity index (χ3n) is 3.32. The number of likely N-dealkylation sites (N-methyl/N-ethyl adjacent to an activating group) is 1. The zero-order valence-corrected chi connectivity index (χ0v) is 16.2. The van der Waals surface area contributed by atoms with E-state index in [1.165, 1.54) is 23.3 Å². The molecule has 2 rings (SSSR count). The second-order valence-corrected chi connectivity index (χ2v) is 7.51. The molecule has 1 heterocycles. The molecule has 1 aromatic heterocycles. The largest absolute Gasteiger partial charge is 0.342 e. The van der Waals surface area contributed by atoms with Crippen LogP contribution >= 0.6 is 27.3 Å². The second kappa shape index (κ2) is 8.77. The molecular weight excluding hydrogens is 406 g/mol. The molecule has 0 unspecified atom stereocenters. The molecule has 0 radical (unpaired) electrons. The zero-order valence-electron chi connectivity index (χ0n) is 13.8. The normalized spacial score (nSPS) is 10.2. The van der Waals surface area contributed by atoms with Crippen LogP contribution in [0.2, 0.25) is 0 Å². The van der Waals surface area contributed by atoms with Crippen LogP contribution in [0.1, 0.15) is 14.5 Å². The van der Waals surface area contributed by atoms with E-state index in [4.69, 9.17) is 0 Å². The van der Waals surface area contributed by atoms with Gasteiger partial charge in [0.2, 0.25) is 11.8 Å². The highest BCUT2D eigenvalue weighted by atomic mass is 79.9. The number of nitrogens with zero attached hydrogens (tertiary/aromatic N) is 1. The van der Waals surface area contributed by atoms with E-state index in [0.29, 0.717) is 10.6 Å². The fraction of sp³-hybridized carbons (Fsp3) is 0.235. The molecule has 0 fully saturated rings. The summed E-state index contributed by atoms with van der Waals surface area (Å²) < 4.78 is 0.760. The van der Waals surface area contributed by atoms with Gasteiger partial charge in [0.25, 0.3) is 5.91 Å². The lowest BCUT2D eigenvalue weighted by Gasteiger charge is -2.17. The topological polar surface area (TPSA) is 78.5 Å². The standard InChI is InChI=1S/C17H18BrN3O3S/c1-11-7-8-14(25-11)17(24)19-9-16(23)21(2)10-15(22)20-13-6-4-3-5-12(13)18/h3-8H,9-10H2,1-2H3,(H,19,24)(H,20,22). The molecule has 6 nitrogen and oxygen atoms in total. The van der Waals surface area contributed by atoms with Crippen LogP contribution in [0.25, 0.3) is 0 Å². The maximum absolute atomic E-state index is 12.1. The summed E-state index contributed by atoms with van der Waals surface area (Å²) in [5, 5.41) is 5.29. The number of benzene rings is 1. The van der Waals surface area contributed by atoms with Crippen LogP contribution in [-0.4, -0.2) is 42.8 Å². The van der Waals surface area contributed by atoms with Crippen LogP contribution in [0.4, 0.5) is 5.69 Å². The average molecular weight is 424 g/mol. The van der Waals surface area contributed by atoms with E-state index in [1.807, 2.05) is 25.1 Å². The van der Waals surface area contributed by atoms with E-state index in [-0.39, 0.29) is 30.8 Å². The zero-order chi connectivity index (χ0) is 18.4. The lowest BCUT2D eigenvalue weighted by molar-refractivity contribution is -0.132. The number of thiophene rings is 1. The Kier molecular flexibility index (Phi) is 6.72. The second-order valence-electron chi connectivity index (χ2n) is 5.37. The summed E-state index contributed by atoms with van der Waals surface area (Å²) in [5.74, 6) is -0.954. The SMILES string of the molecule is Cc1ccc(C(=O)NCC(=O)N(C)CC(=O)Nc2ccccc2Br)s1. The Bertz CT molecular complexity index is 791. The number of hydrogen-bond acceptors (Lipinski definition) is 4. The first-order valence-corrected chi connectivity index (χ1v) is 9.10. The number of anilines is 1. The lowest BCUT2D eigenvalue weighted by Crippen LogP contribution is -2.41. The fourth-order valence-corrected chi connectivity index (χ4v) is 3.16. The van der Waals surface area contributed by atoms with Crippen LogP contribution in [0, 0.1) is 6.92 Å². The monoisotopic (exact) mass is 423 g/mol. The minimum Gasteiger partial charge on any atom is -0.342 e. The van der Waals surface area contributed by atoms with Crippen molar-refractivity contribution in [2.24, 2.45) is 0 Å². The van der Waals surface area contributed by atoms with E-state index < -0.39 is 0 Å². The molecule has 8 heteroatoms. The molecule has 0 saturated carbocycles. The van der Waals surface area contributed by atoms with Crippen molar-refractivity contribution in [1.82, 2.24) is 10.2 Å². The van der Waals surface area contributed by atoms with Crippen LogP contribution in [0.5, 0.6) is 0 Å². The summed E-state index contributed by atoms with van der Waals surface area (Å²) >= 11 is 4.71. The van der Waals surface area contributed by atoms with Gasteiger partial charge in [-0.25, -0.2) is 0 Å². The predicted octanol–water partition coefficient (Wildman–Crippen LogP) is 2.65. The highest BCUT2D eigenvalue weighted by molar-refractivity contribution is 9.10. The molecule has 0 saturated heterocycles. The Morgan fingerprint density at radius 3 is 2.52 bits per heavy atom. The number of rotatable bonds is 6. The van der Waals surface area contributed by atoms with Gasteiger partial charge in [-0.05, 0) is 47.1 Å². The van der Waals surface area contributed by atoms with Gasteiger partial charge in [0, 0.05) is 16.4 Å². The summed E-state index contributed by atoms with van der Waals surface area (Å²) in [4.78, 5) is 38.9. The van der Waals surface area contributed by atoms with Crippen molar-refractivity contribution in [3.63, 3.8) is 0 Å². The molecule has 0 atom stereocenters. The van der Waals surface area contributed by atoms with Crippen LogP contribution in [0.15, 0.2) is 40.9 Å². The Balaban J connectivity index is 1.80. The van der Waals surface area contributed by atoms with Crippen molar-refractivity contribution in [1.29, 1.82) is 0 Å². The molecule has 0 aliphatic carbocycles. The summed E-state index contributed by atoms with van der Waals surface area (Å²) in [6, 6.07) is 10.8. The number of hydrogen-bond donors (Lipinski definition) is 2. The van der Waals surface area contributed by atoms with Gasteiger partial charge in [0.1, 0.15) is 0 Å². The van der Waals surface area contributed by atoms with Crippen molar-refractivity contribution in [3.8, 4) is 0 Å². The highest BCUT2D eigenvalue weighted by Crippen LogP contribution is 2.21. The lowest BCUT2D eigenvalue weighted by atomic mass is 10.3. The maximum atomic E-state index is 12.1. The van der Waals surface area contributed by atoms with Gasteiger partial charge in [-0.3, -0.25) is 14.4 Å². The summed E-state index contributed by atoms with van der Waals surface area (Å²) in [6.07, 6.45) is 0. The molecule has 0 spiro atoms. The van der Waals surface area contributed by atoms with Crippen LogP contribution in [-0.2, 0) is 9.59 Å². The van der Waals surface area contributed by atoms with Gasteiger partial charge < -0.3 is 15.5 Å². The molecule has 0 bridgehead atoms. The van der Waals surface area contributed by atoms with Crippen molar-refractivity contribution in [2.75, 3.05) is 25.5 Å². The van der Waals surface area contributed by atoms with E-state index >= 15 is 0 Å². The van der Waals surface area contributed by atoms with Crippen molar-refractivity contribution in [2.45, 2.75) is 6.92 Å². The number of amides is 3. The number of carbonyl (C=O) groups excluding carboxylic acids is 3. The quantitative estimate of drug-likeness (QED) is 0.749. The average Bonchev–Trinajstić information content (AvgIpc) is 3.01. The van der Waals surface area contributed by atoms with Gasteiger partial charge >= 0.3 is 0 Å².